The molecule has 0 bridgehead atoms. The average Bonchev–Trinajstić information content (AvgIpc) is 2.29. The Morgan fingerprint density at radius 2 is 1.82 bits per heavy atom. The zero-order valence-electron chi connectivity index (χ0n) is 8.53. The van der Waals surface area contributed by atoms with Gasteiger partial charge >= 0.3 is 5.57 Å². The van der Waals surface area contributed by atoms with Crippen LogP contribution in [0, 0.1) is 6.20 Å². The third-order valence-electron chi connectivity index (χ3n) is 2.04. The molecule has 1 heterocycles. The van der Waals surface area contributed by atoms with Crippen molar-refractivity contribution in [2.75, 3.05) is 0 Å². The predicted molar refractivity (Wildman–Crippen MR) is 59.9 cm³/mol. The highest BCUT2D eigenvalue weighted by molar-refractivity contribution is 6.20. The number of hydrogen-bond acceptors (Lipinski definition) is 2. The quantitative estimate of drug-likeness (QED) is 0.779. The van der Waals surface area contributed by atoms with Gasteiger partial charge in [-0.2, -0.15) is 0 Å². The molecule has 0 saturated heterocycles. The van der Waals surface area contributed by atoms with E-state index in [1.807, 2.05) is 0 Å². The van der Waals surface area contributed by atoms with Crippen LogP contribution in [0.3, 0.4) is 0 Å². The Hall–Kier alpha value is -1.68. The van der Waals surface area contributed by atoms with Crippen molar-refractivity contribution in [3.8, 4) is 16.9 Å². The van der Waals surface area contributed by atoms with Gasteiger partial charge < -0.3 is 4.74 Å². The Morgan fingerprint density at radius 1 is 1.12 bits per heavy atom. The number of pyridine rings is 1. The van der Waals surface area contributed by atoms with Gasteiger partial charge in [-0.25, -0.2) is 0 Å². The predicted octanol–water partition coefficient (Wildman–Crippen LogP) is 3.72. The van der Waals surface area contributed by atoms with E-state index >= 15 is 0 Å². The normalized spacial score (nSPS) is 11.2. The van der Waals surface area contributed by atoms with Gasteiger partial charge in [0.25, 0.3) is 0 Å². The zero-order chi connectivity index (χ0) is 12.3. The van der Waals surface area contributed by atoms with Crippen molar-refractivity contribution in [2.24, 2.45) is 0 Å². The molecular weight excluding hydrogens is 248 g/mol. The van der Waals surface area contributed by atoms with E-state index in [9.17, 15) is 8.78 Å². The van der Waals surface area contributed by atoms with Crippen molar-refractivity contribution < 1.29 is 13.5 Å². The van der Waals surface area contributed by atoms with Gasteiger partial charge in [0.2, 0.25) is 0 Å². The highest BCUT2D eigenvalue weighted by Gasteiger charge is 2.27. The highest BCUT2D eigenvalue weighted by atomic mass is 35.5. The van der Waals surface area contributed by atoms with Crippen LogP contribution < -0.4 is 4.74 Å². The van der Waals surface area contributed by atoms with E-state index in [4.69, 9.17) is 0 Å². The number of hydrogen-bond donors (Lipinski definition) is 0. The molecule has 2 nitrogen and oxygen atoms in total. The first kappa shape index (κ1) is 11.8. The lowest BCUT2D eigenvalue weighted by Crippen LogP contribution is -2.15. The van der Waals surface area contributed by atoms with Gasteiger partial charge in [0.15, 0.2) is 0 Å². The first-order valence-corrected chi connectivity index (χ1v) is 5.11. The summed E-state index contributed by atoms with van der Waals surface area (Å²) >= 11 is 4.66. The molecule has 5 heteroatoms. The fraction of sp³-hybridized carbons (Fsp3) is 0.0833. The molecule has 1 aromatic heterocycles. The van der Waals surface area contributed by atoms with Crippen LogP contribution in [0.5, 0.6) is 5.75 Å². The van der Waals surface area contributed by atoms with Gasteiger partial charge in [-0.1, -0.05) is 12.1 Å². The van der Waals surface area contributed by atoms with Gasteiger partial charge in [-0.15, -0.1) is 8.78 Å². The third kappa shape index (κ3) is 3.39. The molecule has 1 radical (unpaired) electrons. The van der Waals surface area contributed by atoms with Crippen molar-refractivity contribution in [1.82, 2.24) is 4.98 Å². The molecule has 0 atom stereocenters. The number of rotatable bonds is 3. The number of nitrogens with zero attached hydrogens (tertiary/aromatic N) is 1. The van der Waals surface area contributed by atoms with Crippen molar-refractivity contribution in [3.05, 3.63) is 48.8 Å². The molecule has 17 heavy (non-hydrogen) atoms. The number of alkyl halides is 3. The van der Waals surface area contributed by atoms with Crippen LogP contribution in [0.25, 0.3) is 11.1 Å². The molecule has 0 fully saturated rings. The van der Waals surface area contributed by atoms with E-state index in [1.54, 1.807) is 30.5 Å². The molecule has 1 aromatic carbocycles. The molecule has 2 aromatic rings. The number of ether oxygens (including phenoxy) is 1. The molecule has 0 aliphatic heterocycles. The fourth-order valence-corrected chi connectivity index (χ4v) is 1.43. The lowest BCUT2D eigenvalue weighted by Gasteiger charge is -2.10. The Morgan fingerprint density at radius 3 is 2.35 bits per heavy atom. The summed E-state index contributed by atoms with van der Waals surface area (Å²) < 4.78 is 28.9. The van der Waals surface area contributed by atoms with Crippen molar-refractivity contribution in [3.63, 3.8) is 0 Å². The molecule has 0 spiro atoms. The number of aromatic nitrogens is 1. The van der Waals surface area contributed by atoms with Crippen LogP contribution in [0.2, 0.25) is 0 Å². The molecule has 2 rings (SSSR count). The van der Waals surface area contributed by atoms with Gasteiger partial charge in [0.05, 0.1) is 6.20 Å². The van der Waals surface area contributed by atoms with E-state index in [-0.39, 0.29) is 5.75 Å². The van der Waals surface area contributed by atoms with Crippen LogP contribution in [-0.4, -0.2) is 10.6 Å². The summed E-state index contributed by atoms with van der Waals surface area (Å²) in [5.41, 5.74) is -1.94. The second kappa shape index (κ2) is 4.67. The second-order valence-electron chi connectivity index (χ2n) is 3.25. The van der Waals surface area contributed by atoms with Crippen molar-refractivity contribution >= 4 is 11.6 Å². The maximum Gasteiger partial charge on any atom is 0.487 e. The minimum absolute atomic E-state index is 0.00628. The first-order valence-electron chi connectivity index (χ1n) is 4.73. The Bertz CT molecular complexity index is 482. The summed E-state index contributed by atoms with van der Waals surface area (Å²) in [6.07, 6.45) is 4.29. The average molecular weight is 255 g/mol. The van der Waals surface area contributed by atoms with Crippen LogP contribution in [0.15, 0.2) is 42.6 Å². The summed E-state index contributed by atoms with van der Waals surface area (Å²) in [6, 6.07) is 9.65. The molecule has 0 saturated carbocycles. The highest BCUT2D eigenvalue weighted by Crippen LogP contribution is 2.27. The molecule has 0 aliphatic rings. The smallest absolute Gasteiger partial charge is 0.420 e. The van der Waals surface area contributed by atoms with Gasteiger partial charge in [-0.3, -0.25) is 4.98 Å². The maximum absolute atomic E-state index is 12.4. The summed E-state index contributed by atoms with van der Waals surface area (Å²) in [6.45, 7) is 0. The Kier molecular flexibility index (Phi) is 3.24. The summed E-state index contributed by atoms with van der Waals surface area (Å²) in [5.74, 6) is 0.00628. The van der Waals surface area contributed by atoms with Crippen LogP contribution >= 0.6 is 11.6 Å². The summed E-state index contributed by atoms with van der Waals surface area (Å²) in [7, 11) is 0. The molecular formula is C12H7ClF2NO. The fourth-order valence-electron chi connectivity index (χ4n) is 1.34. The summed E-state index contributed by atoms with van der Waals surface area (Å²) in [5, 5.41) is 0. The second-order valence-corrected chi connectivity index (χ2v) is 3.69. The van der Waals surface area contributed by atoms with E-state index in [1.165, 1.54) is 12.1 Å². The lowest BCUT2D eigenvalue weighted by molar-refractivity contribution is -0.0964. The van der Waals surface area contributed by atoms with Crippen LogP contribution in [0.4, 0.5) is 8.78 Å². The minimum atomic E-state index is -3.69. The van der Waals surface area contributed by atoms with Gasteiger partial charge in [0.1, 0.15) is 5.75 Å². The molecule has 0 unspecified atom stereocenters. The lowest BCUT2D eigenvalue weighted by atomic mass is 10.1. The Balaban J connectivity index is 2.19. The SMILES string of the molecule is FC(F)(Cl)Oc1ccc(-c2c[c]ncc2)cc1. The number of benzene rings is 1. The zero-order valence-corrected chi connectivity index (χ0v) is 9.29. The van der Waals surface area contributed by atoms with Crippen molar-refractivity contribution in [1.29, 1.82) is 0 Å². The molecule has 0 aliphatic carbocycles. The van der Waals surface area contributed by atoms with E-state index in [0.29, 0.717) is 0 Å². The maximum atomic E-state index is 12.4. The topological polar surface area (TPSA) is 22.1 Å². The van der Waals surface area contributed by atoms with Crippen LogP contribution in [0.1, 0.15) is 0 Å². The third-order valence-corrected chi connectivity index (χ3v) is 2.12. The standard InChI is InChI=1S/C12H7ClF2NO/c13-12(14,15)17-11-3-1-9(2-4-11)10-5-7-16-8-6-10/h1-7H. The molecule has 87 valence electrons. The van der Waals surface area contributed by atoms with Crippen molar-refractivity contribution in [2.45, 2.75) is 5.57 Å². The van der Waals surface area contributed by atoms with E-state index in [0.717, 1.165) is 11.1 Å². The molecule has 0 N–H and O–H groups in total. The Labute approximate surface area is 102 Å². The van der Waals surface area contributed by atoms with Gasteiger partial charge in [-0.05, 0) is 35.4 Å². The minimum Gasteiger partial charge on any atom is -0.420 e. The molecule has 0 amide bonds. The van der Waals surface area contributed by atoms with Gasteiger partial charge in [0, 0.05) is 17.8 Å². The van der Waals surface area contributed by atoms with Crippen LogP contribution in [-0.2, 0) is 0 Å². The summed E-state index contributed by atoms with van der Waals surface area (Å²) in [4.78, 5) is 3.77. The van der Waals surface area contributed by atoms with E-state index < -0.39 is 5.57 Å². The first-order chi connectivity index (χ1) is 8.04. The monoisotopic (exact) mass is 254 g/mol. The number of halogens is 3. The van der Waals surface area contributed by atoms with E-state index in [2.05, 4.69) is 27.5 Å². The largest absolute Gasteiger partial charge is 0.487 e.